The second-order valence-electron chi connectivity index (χ2n) is 4.63. The Hall–Kier alpha value is -2.08. The van der Waals surface area contributed by atoms with Crippen molar-refractivity contribution < 1.29 is 23.2 Å². The van der Waals surface area contributed by atoms with Crippen molar-refractivity contribution in [3.05, 3.63) is 24.3 Å². The van der Waals surface area contributed by atoms with Crippen molar-refractivity contribution in [3.63, 3.8) is 0 Å². The minimum Gasteiger partial charge on any atom is -0.481 e. The first kappa shape index (κ1) is 19.0. The zero-order valence-electron chi connectivity index (χ0n) is 13.0. The molecule has 0 heterocycles. The summed E-state index contributed by atoms with van der Waals surface area (Å²) < 4.78 is 32.1. The minimum absolute atomic E-state index is 0.00160. The van der Waals surface area contributed by atoms with Crippen LogP contribution in [0, 0.1) is 11.8 Å². The highest BCUT2D eigenvalue weighted by molar-refractivity contribution is 7.89. The molecule has 3 N–H and O–H groups in total. The highest BCUT2D eigenvalue weighted by Crippen LogP contribution is 2.16. The van der Waals surface area contributed by atoms with E-state index in [2.05, 4.69) is 16.6 Å². The summed E-state index contributed by atoms with van der Waals surface area (Å²) in [5, 5.41) is 8.68. The highest BCUT2D eigenvalue weighted by Gasteiger charge is 2.24. The van der Waals surface area contributed by atoms with E-state index >= 15 is 0 Å². The molecule has 0 spiro atoms. The molecule has 0 bridgehead atoms. The van der Waals surface area contributed by atoms with Gasteiger partial charge >= 0.3 is 0 Å². The standard InChI is InChI=1S/C15H20N2O5S/c1-3-5-11-22-12-7-9-13(10-8-12)23(20,21)17-14(6-4-2)15(18)16-19/h7-10,14,17,19H,4,6,11H2,1-2H3,(H,16,18). The van der Waals surface area contributed by atoms with E-state index in [9.17, 15) is 13.2 Å². The SMILES string of the molecule is CC#CCOc1ccc(S(=O)(=O)NC(CCC)C(=O)NO)cc1. The fourth-order valence-electron chi connectivity index (χ4n) is 1.77. The Morgan fingerprint density at radius 2 is 2.00 bits per heavy atom. The molecule has 0 aliphatic carbocycles. The molecule has 8 heteroatoms. The second-order valence-corrected chi connectivity index (χ2v) is 6.34. The lowest BCUT2D eigenvalue weighted by Crippen LogP contribution is -2.45. The topological polar surface area (TPSA) is 105 Å². The molecule has 0 radical (unpaired) electrons. The normalized spacial score (nSPS) is 12.0. The Kier molecular flexibility index (Phi) is 7.54. The van der Waals surface area contributed by atoms with Crippen molar-refractivity contribution in [1.29, 1.82) is 0 Å². The number of nitrogens with one attached hydrogen (secondary N) is 2. The molecule has 1 atom stereocenters. The molecular formula is C15H20N2O5S. The summed E-state index contributed by atoms with van der Waals surface area (Å²) in [6.45, 7) is 3.72. The lowest BCUT2D eigenvalue weighted by Gasteiger charge is -2.16. The van der Waals surface area contributed by atoms with Crippen LogP contribution in [-0.2, 0) is 14.8 Å². The number of sulfonamides is 1. The molecule has 1 aromatic carbocycles. The maximum atomic E-state index is 12.3. The third kappa shape index (κ3) is 5.90. The fourth-order valence-corrected chi connectivity index (χ4v) is 3.00. The molecule has 1 rings (SSSR count). The summed E-state index contributed by atoms with van der Waals surface area (Å²) in [5.41, 5.74) is 1.46. The second kappa shape index (κ2) is 9.15. The summed E-state index contributed by atoms with van der Waals surface area (Å²) in [4.78, 5) is 11.5. The van der Waals surface area contributed by atoms with Crippen molar-refractivity contribution in [2.45, 2.75) is 37.6 Å². The molecule has 7 nitrogen and oxygen atoms in total. The van der Waals surface area contributed by atoms with Crippen molar-refractivity contribution in [1.82, 2.24) is 10.2 Å². The van der Waals surface area contributed by atoms with E-state index in [0.29, 0.717) is 12.2 Å². The molecule has 1 amide bonds. The van der Waals surface area contributed by atoms with E-state index in [-0.39, 0.29) is 17.9 Å². The molecule has 0 aliphatic heterocycles. The van der Waals surface area contributed by atoms with E-state index in [1.807, 2.05) is 0 Å². The Bertz CT molecular complexity index is 674. The molecule has 0 aromatic heterocycles. The molecule has 0 saturated heterocycles. The van der Waals surface area contributed by atoms with Gasteiger partial charge in [0.1, 0.15) is 18.4 Å². The van der Waals surface area contributed by atoms with Crippen LogP contribution in [0.25, 0.3) is 0 Å². The first-order valence-corrected chi connectivity index (χ1v) is 8.51. The van der Waals surface area contributed by atoms with Crippen LogP contribution < -0.4 is 14.9 Å². The van der Waals surface area contributed by atoms with E-state index in [1.165, 1.54) is 29.7 Å². The molecule has 1 aromatic rings. The van der Waals surface area contributed by atoms with E-state index in [4.69, 9.17) is 9.94 Å². The Labute approximate surface area is 136 Å². The number of rotatable bonds is 8. The quantitative estimate of drug-likeness (QED) is 0.373. The van der Waals surface area contributed by atoms with Crippen LogP contribution in [-0.4, -0.2) is 32.2 Å². The molecule has 0 fully saturated rings. The predicted molar refractivity (Wildman–Crippen MR) is 84.3 cm³/mol. The Balaban J connectivity index is 2.85. The number of ether oxygens (including phenoxy) is 1. The maximum absolute atomic E-state index is 12.3. The van der Waals surface area contributed by atoms with Crippen LogP contribution in [0.5, 0.6) is 5.75 Å². The molecule has 23 heavy (non-hydrogen) atoms. The van der Waals surface area contributed by atoms with Gasteiger partial charge in [-0.3, -0.25) is 10.0 Å². The number of hydroxylamine groups is 1. The number of hydrogen-bond acceptors (Lipinski definition) is 5. The van der Waals surface area contributed by atoms with Crippen LogP contribution in [0.3, 0.4) is 0 Å². The van der Waals surface area contributed by atoms with Crippen molar-refractivity contribution in [3.8, 4) is 17.6 Å². The molecule has 0 aliphatic rings. The number of benzene rings is 1. The van der Waals surface area contributed by atoms with Gasteiger partial charge in [-0.2, -0.15) is 4.72 Å². The molecule has 0 saturated carbocycles. The lowest BCUT2D eigenvalue weighted by molar-refractivity contribution is -0.131. The van der Waals surface area contributed by atoms with E-state index in [0.717, 1.165) is 0 Å². The van der Waals surface area contributed by atoms with Gasteiger partial charge in [-0.15, -0.1) is 5.92 Å². The number of amides is 1. The molecular weight excluding hydrogens is 320 g/mol. The van der Waals surface area contributed by atoms with Gasteiger partial charge in [-0.1, -0.05) is 19.3 Å². The van der Waals surface area contributed by atoms with E-state index < -0.39 is 22.0 Å². The lowest BCUT2D eigenvalue weighted by atomic mass is 10.2. The third-order valence-electron chi connectivity index (χ3n) is 2.92. The minimum atomic E-state index is -3.88. The number of carbonyl (C=O) groups is 1. The van der Waals surface area contributed by atoms with Gasteiger partial charge in [0.05, 0.1) is 4.90 Å². The van der Waals surface area contributed by atoms with Gasteiger partial charge in [0.2, 0.25) is 10.0 Å². The van der Waals surface area contributed by atoms with Crippen LogP contribution in [0.4, 0.5) is 0 Å². The summed E-state index contributed by atoms with van der Waals surface area (Å²) in [5.74, 6) is 5.11. The fraction of sp³-hybridized carbons (Fsp3) is 0.400. The summed E-state index contributed by atoms with van der Waals surface area (Å²) in [6.07, 6.45) is 0.842. The van der Waals surface area contributed by atoms with Gasteiger partial charge < -0.3 is 4.74 Å². The zero-order valence-corrected chi connectivity index (χ0v) is 13.8. The zero-order chi connectivity index (χ0) is 17.3. The van der Waals surface area contributed by atoms with Gasteiger partial charge in [-0.05, 0) is 37.6 Å². The average molecular weight is 340 g/mol. The monoisotopic (exact) mass is 340 g/mol. The first-order valence-electron chi connectivity index (χ1n) is 7.03. The van der Waals surface area contributed by atoms with Crippen LogP contribution in [0.2, 0.25) is 0 Å². The smallest absolute Gasteiger partial charge is 0.261 e. The maximum Gasteiger partial charge on any atom is 0.261 e. The Morgan fingerprint density at radius 3 is 2.52 bits per heavy atom. The van der Waals surface area contributed by atoms with Crippen molar-refractivity contribution in [2.75, 3.05) is 6.61 Å². The third-order valence-corrected chi connectivity index (χ3v) is 4.41. The van der Waals surface area contributed by atoms with E-state index in [1.54, 1.807) is 13.8 Å². The summed E-state index contributed by atoms with van der Waals surface area (Å²) in [6, 6.07) is 4.72. The summed E-state index contributed by atoms with van der Waals surface area (Å²) in [7, 11) is -3.88. The van der Waals surface area contributed by atoms with Crippen LogP contribution in [0.1, 0.15) is 26.7 Å². The van der Waals surface area contributed by atoms with Crippen molar-refractivity contribution >= 4 is 15.9 Å². The van der Waals surface area contributed by atoms with Crippen LogP contribution >= 0.6 is 0 Å². The Morgan fingerprint density at radius 1 is 1.35 bits per heavy atom. The number of carbonyl (C=O) groups excluding carboxylic acids is 1. The molecule has 126 valence electrons. The van der Waals surface area contributed by atoms with Gasteiger partial charge in [0.25, 0.3) is 5.91 Å². The predicted octanol–water partition coefficient (Wildman–Crippen LogP) is 1.04. The number of hydrogen-bond donors (Lipinski definition) is 3. The first-order chi connectivity index (χ1) is 10.9. The van der Waals surface area contributed by atoms with Crippen molar-refractivity contribution in [2.24, 2.45) is 0 Å². The van der Waals surface area contributed by atoms with Crippen LogP contribution in [0.15, 0.2) is 29.2 Å². The highest BCUT2D eigenvalue weighted by atomic mass is 32.2. The molecule has 1 unspecified atom stereocenters. The van der Waals surface area contributed by atoms with Gasteiger partial charge in [0, 0.05) is 0 Å². The summed E-state index contributed by atoms with van der Waals surface area (Å²) >= 11 is 0. The average Bonchev–Trinajstić information content (AvgIpc) is 2.54. The van der Waals surface area contributed by atoms with Gasteiger partial charge in [0.15, 0.2) is 0 Å². The van der Waals surface area contributed by atoms with Gasteiger partial charge in [-0.25, -0.2) is 13.9 Å². The largest absolute Gasteiger partial charge is 0.481 e.